The normalized spacial score (nSPS) is 21.2. The summed E-state index contributed by atoms with van der Waals surface area (Å²) in [4.78, 5) is 26.4. The maximum absolute atomic E-state index is 12.7. The number of rotatable bonds is 4. The van der Waals surface area contributed by atoms with Crippen LogP contribution in [-0.4, -0.2) is 35.5 Å². The second-order valence-corrected chi connectivity index (χ2v) is 6.92. The number of nitrogens with zero attached hydrogens (tertiary/aromatic N) is 1. The molecule has 2 unspecified atom stereocenters. The molecule has 1 N–H and O–H groups in total. The monoisotopic (exact) mass is 366 g/mol. The molecule has 2 atom stereocenters. The second kappa shape index (κ2) is 7.31. The van der Waals surface area contributed by atoms with Crippen molar-refractivity contribution in [2.75, 3.05) is 11.9 Å². The van der Waals surface area contributed by atoms with Crippen LogP contribution < -0.4 is 14.8 Å². The van der Waals surface area contributed by atoms with Crippen LogP contribution in [0.2, 0.25) is 0 Å². The molecule has 0 aromatic heterocycles. The number of anilines is 1. The van der Waals surface area contributed by atoms with Gasteiger partial charge in [-0.3, -0.25) is 9.59 Å². The van der Waals surface area contributed by atoms with Crippen LogP contribution in [0.1, 0.15) is 25.3 Å². The van der Waals surface area contributed by atoms with Crippen LogP contribution in [0.25, 0.3) is 0 Å². The number of amides is 2. The highest BCUT2D eigenvalue weighted by Gasteiger charge is 2.34. The Balaban J connectivity index is 1.44. The highest BCUT2D eigenvalue weighted by Crippen LogP contribution is 2.33. The number of fused-ring (bicyclic) bond motifs is 1. The van der Waals surface area contributed by atoms with Crippen molar-refractivity contribution >= 4 is 17.5 Å². The van der Waals surface area contributed by atoms with Crippen LogP contribution in [0.15, 0.2) is 48.5 Å². The van der Waals surface area contributed by atoms with Crippen molar-refractivity contribution in [1.29, 1.82) is 0 Å². The first-order valence-corrected chi connectivity index (χ1v) is 9.20. The van der Waals surface area contributed by atoms with Gasteiger partial charge in [-0.1, -0.05) is 24.3 Å². The van der Waals surface area contributed by atoms with E-state index in [4.69, 9.17) is 9.47 Å². The number of hydrogen-bond donors (Lipinski definition) is 1. The first-order valence-electron chi connectivity index (χ1n) is 9.20. The van der Waals surface area contributed by atoms with Crippen LogP contribution in [-0.2, 0) is 16.1 Å². The highest BCUT2D eigenvalue weighted by molar-refractivity contribution is 5.95. The maximum Gasteiger partial charge on any atom is 0.269 e. The first-order chi connectivity index (χ1) is 13.1. The molecule has 2 aliphatic rings. The van der Waals surface area contributed by atoms with E-state index >= 15 is 0 Å². The lowest BCUT2D eigenvalue weighted by Gasteiger charge is -2.31. The average molecular weight is 366 g/mol. The Hall–Kier alpha value is -3.02. The van der Waals surface area contributed by atoms with Crippen LogP contribution >= 0.6 is 0 Å². The van der Waals surface area contributed by atoms with Gasteiger partial charge in [-0.05, 0) is 43.2 Å². The maximum atomic E-state index is 12.7. The Bertz CT molecular complexity index is 867. The molecule has 2 heterocycles. The van der Waals surface area contributed by atoms with E-state index in [1.165, 1.54) is 0 Å². The zero-order chi connectivity index (χ0) is 18.8. The van der Waals surface area contributed by atoms with E-state index in [2.05, 4.69) is 5.32 Å². The molecular formula is C21H22N2O4. The minimum absolute atomic E-state index is 0.185. The lowest BCUT2D eigenvalue weighted by atomic mass is 10.1. The molecular weight excluding hydrogens is 344 g/mol. The number of carbonyl (C=O) groups is 2. The summed E-state index contributed by atoms with van der Waals surface area (Å²) in [6.45, 7) is 3.17. The summed E-state index contributed by atoms with van der Waals surface area (Å²) in [5.41, 5.74) is 1.67. The van der Waals surface area contributed by atoms with E-state index in [1.54, 1.807) is 6.07 Å². The van der Waals surface area contributed by atoms with Gasteiger partial charge in [0.1, 0.15) is 6.10 Å². The van der Waals surface area contributed by atoms with Crippen molar-refractivity contribution in [2.45, 2.75) is 38.5 Å². The zero-order valence-corrected chi connectivity index (χ0v) is 15.2. The molecule has 0 bridgehead atoms. The molecule has 0 spiro atoms. The lowest BCUT2D eigenvalue weighted by Crippen LogP contribution is -2.46. The van der Waals surface area contributed by atoms with E-state index in [0.717, 1.165) is 18.5 Å². The van der Waals surface area contributed by atoms with Gasteiger partial charge in [0.2, 0.25) is 12.0 Å². The van der Waals surface area contributed by atoms with E-state index in [0.29, 0.717) is 30.2 Å². The van der Waals surface area contributed by atoms with Gasteiger partial charge in [0.05, 0.1) is 0 Å². The smallest absolute Gasteiger partial charge is 0.269 e. The van der Waals surface area contributed by atoms with Crippen molar-refractivity contribution in [3.63, 3.8) is 0 Å². The van der Waals surface area contributed by atoms with Gasteiger partial charge < -0.3 is 19.7 Å². The fourth-order valence-electron chi connectivity index (χ4n) is 3.46. The average Bonchev–Trinajstić information content (AvgIpc) is 3.06. The van der Waals surface area contributed by atoms with E-state index in [1.807, 2.05) is 54.3 Å². The highest BCUT2D eigenvalue weighted by atomic mass is 16.6. The summed E-state index contributed by atoms with van der Waals surface area (Å²) in [6.07, 6.45) is 0.400. The Morgan fingerprint density at radius 2 is 1.93 bits per heavy atom. The quantitative estimate of drug-likeness (QED) is 0.903. The molecule has 6 heteroatoms. The molecule has 6 nitrogen and oxygen atoms in total. The van der Waals surface area contributed by atoms with Gasteiger partial charge in [0.25, 0.3) is 5.91 Å². The second-order valence-electron chi connectivity index (χ2n) is 6.92. The molecule has 0 radical (unpaired) electrons. The molecule has 2 aliphatic heterocycles. The van der Waals surface area contributed by atoms with Crippen molar-refractivity contribution in [1.82, 2.24) is 4.90 Å². The molecule has 140 valence electrons. The Morgan fingerprint density at radius 3 is 2.67 bits per heavy atom. The van der Waals surface area contributed by atoms with Crippen LogP contribution in [0.3, 0.4) is 0 Å². The fourth-order valence-corrected chi connectivity index (χ4v) is 3.46. The number of likely N-dealkylation sites (tertiary alicyclic amines) is 1. The third-order valence-electron chi connectivity index (χ3n) is 4.84. The van der Waals surface area contributed by atoms with Gasteiger partial charge >= 0.3 is 0 Å². The van der Waals surface area contributed by atoms with Crippen molar-refractivity contribution in [2.24, 2.45) is 0 Å². The van der Waals surface area contributed by atoms with Gasteiger partial charge in [0, 0.05) is 25.2 Å². The predicted octanol–water partition coefficient (Wildman–Crippen LogP) is 2.98. The van der Waals surface area contributed by atoms with Gasteiger partial charge in [-0.25, -0.2) is 0 Å². The van der Waals surface area contributed by atoms with Crippen LogP contribution in [0.4, 0.5) is 5.69 Å². The summed E-state index contributed by atoms with van der Waals surface area (Å²) in [6, 6.07) is 14.9. The summed E-state index contributed by atoms with van der Waals surface area (Å²) in [5, 5.41) is 2.90. The minimum Gasteiger partial charge on any atom is -0.482 e. The molecule has 2 aromatic rings. The molecule has 0 saturated carbocycles. The molecule has 2 amide bonds. The molecule has 27 heavy (non-hydrogen) atoms. The standard InChI is InChI=1S/C21H22N2O4/c1-14-20(27-18-9-3-2-8-17(18)26-14)21(25)22-16-7-4-6-15(12-16)13-23-11-5-10-19(23)24/h2-4,6-9,12,14,20H,5,10-11,13H2,1H3,(H,22,25). The van der Waals surface area contributed by atoms with E-state index in [9.17, 15) is 9.59 Å². The Kier molecular flexibility index (Phi) is 4.71. The molecule has 4 rings (SSSR count). The predicted molar refractivity (Wildman–Crippen MR) is 101 cm³/mol. The number of para-hydroxylation sites is 2. The summed E-state index contributed by atoms with van der Waals surface area (Å²) in [5.74, 6) is 1.14. The number of ether oxygens (including phenoxy) is 2. The van der Waals surface area contributed by atoms with Crippen molar-refractivity contribution in [3.8, 4) is 11.5 Å². The number of carbonyl (C=O) groups excluding carboxylic acids is 2. The van der Waals surface area contributed by atoms with Crippen molar-refractivity contribution in [3.05, 3.63) is 54.1 Å². The third kappa shape index (κ3) is 3.74. The van der Waals surface area contributed by atoms with E-state index in [-0.39, 0.29) is 11.8 Å². The minimum atomic E-state index is -0.733. The van der Waals surface area contributed by atoms with E-state index < -0.39 is 12.2 Å². The number of hydrogen-bond acceptors (Lipinski definition) is 4. The summed E-state index contributed by atoms with van der Waals surface area (Å²) >= 11 is 0. The zero-order valence-electron chi connectivity index (χ0n) is 15.2. The SMILES string of the molecule is CC1Oc2ccccc2OC1C(=O)Nc1cccc(CN2CCCC2=O)c1. The largest absolute Gasteiger partial charge is 0.482 e. The molecule has 0 aliphatic carbocycles. The van der Waals surface area contributed by atoms with Gasteiger partial charge in [0.15, 0.2) is 11.5 Å². The summed E-state index contributed by atoms with van der Waals surface area (Å²) < 4.78 is 11.6. The molecule has 1 saturated heterocycles. The first kappa shape index (κ1) is 17.4. The van der Waals surface area contributed by atoms with Gasteiger partial charge in [-0.15, -0.1) is 0 Å². The van der Waals surface area contributed by atoms with Crippen LogP contribution in [0, 0.1) is 0 Å². The molecule has 2 aromatic carbocycles. The Labute approximate surface area is 158 Å². The topological polar surface area (TPSA) is 67.9 Å². The Morgan fingerprint density at radius 1 is 1.15 bits per heavy atom. The summed E-state index contributed by atoms with van der Waals surface area (Å²) in [7, 11) is 0. The fraction of sp³-hybridized carbons (Fsp3) is 0.333. The molecule has 1 fully saturated rings. The van der Waals surface area contributed by atoms with Crippen LogP contribution in [0.5, 0.6) is 11.5 Å². The number of nitrogens with one attached hydrogen (secondary N) is 1. The van der Waals surface area contributed by atoms with Crippen molar-refractivity contribution < 1.29 is 19.1 Å². The third-order valence-corrected chi connectivity index (χ3v) is 4.84. The van der Waals surface area contributed by atoms with Gasteiger partial charge in [-0.2, -0.15) is 0 Å². The number of benzene rings is 2. The lowest BCUT2D eigenvalue weighted by molar-refractivity contribution is -0.128.